The van der Waals surface area contributed by atoms with Crippen LogP contribution in [0.2, 0.25) is 0 Å². The zero-order chi connectivity index (χ0) is 15.7. The number of benzene rings is 1. The van der Waals surface area contributed by atoms with E-state index in [9.17, 15) is 8.42 Å². The lowest BCUT2D eigenvalue weighted by Gasteiger charge is -2.18. The topological polar surface area (TPSA) is 55.4 Å². The van der Waals surface area contributed by atoms with Crippen LogP contribution in [-0.4, -0.2) is 47.2 Å². The molecule has 1 N–H and O–H groups in total. The SMILES string of the molecule is COCCNCC(CCCS(C)(=O)=O)c1cccc(Br)c1. The van der Waals surface area contributed by atoms with E-state index in [0.29, 0.717) is 18.9 Å². The van der Waals surface area contributed by atoms with E-state index in [0.717, 1.165) is 24.0 Å². The molecule has 1 aromatic carbocycles. The maximum Gasteiger partial charge on any atom is 0.147 e. The second-order valence-electron chi connectivity index (χ2n) is 5.22. The molecule has 0 amide bonds. The van der Waals surface area contributed by atoms with Crippen molar-refractivity contribution in [3.8, 4) is 0 Å². The Morgan fingerprint density at radius 2 is 2.14 bits per heavy atom. The molecule has 0 bridgehead atoms. The van der Waals surface area contributed by atoms with Crippen molar-refractivity contribution < 1.29 is 13.2 Å². The summed E-state index contributed by atoms with van der Waals surface area (Å²) in [5, 5.41) is 3.36. The number of sulfone groups is 1. The number of hydrogen-bond acceptors (Lipinski definition) is 4. The van der Waals surface area contributed by atoms with Gasteiger partial charge in [0.05, 0.1) is 6.61 Å². The first-order valence-electron chi connectivity index (χ1n) is 7.05. The van der Waals surface area contributed by atoms with Gasteiger partial charge in [-0.25, -0.2) is 8.42 Å². The molecule has 0 saturated heterocycles. The van der Waals surface area contributed by atoms with Crippen molar-refractivity contribution in [1.82, 2.24) is 5.32 Å². The van der Waals surface area contributed by atoms with Crippen molar-refractivity contribution in [2.75, 3.05) is 38.8 Å². The molecule has 120 valence electrons. The standard InChI is InChI=1S/C15H24BrNO3S/c1-20-9-8-17-12-14(6-4-10-21(2,18)19)13-5-3-7-15(16)11-13/h3,5,7,11,14,17H,4,6,8-10,12H2,1-2H3. The van der Waals surface area contributed by atoms with Crippen LogP contribution in [0.3, 0.4) is 0 Å². The van der Waals surface area contributed by atoms with Crippen LogP contribution in [0.4, 0.5) is 0 Å². The summed E-state index contributed by atoms with van der Waals surface area (Å²) in [7, 11) is -1.21. The number of methoxy groups -OCH3 is 1. The summed E-state index contributed by atoms with van der Waals surface area (Å²) in [6.45, 7) is 2.30. The van der Waals surface area contributed by atoms with Crippen LogP contribution in [0, 0.1) is 0 Å². The van der Waals surface area contributed by atoms with E-state index in [4.69, 9.17) is 4.74 Å². The Labute approximate surface area is 136 Å². The third-order valence-corrected chi connectivity index (χ3v) is 4.79. The van der Waals surface area contributed by atoms with Crippen LogP contribution in [-0.2, 0) is 14.6 Å². The first-order valence-corrected chi connectivity index (χ1v) is 9.90. The third-order valence-electron chi connectivity index (χ3n) is 3.26. The lowest BCUT2D eigenvalue weighted by molar-refractivity contribution is 0.198. The Morgan fingerprint density at radius 3 is 2.76 bits per heavy atom. The molecule has 1 rings (SSSR count). The van der Waals surface area contributed by atoms with Crippen LogP contribution >= 0.6 is 15.9 Å². The molecule has 0 aromatic heterocycles. The quantitative estimate of drug-likeness (QED) is 0.636. The average Bonchev–Trinajstić information content (AvgIpc) is 2.40. The molecule has 21 heavy (non-hydrogen) atoms. The molecule has 0 aliphatic heterocycles. The van der Waals surface area contributed by atoms with Gasteiger partial charge in [0, 0.05) is 36.7 Å². The lowest BCUT2D eigenvalue weighted by atomic mass is 9.94. The molecular weight excluding hydrogens is 354 g/mol. The summed E-state index contributed by atoms with van der Waals surface area (Å²) < 4.78 is 28.6. The summed E-state index contributed by atoms with van der Waals surface area (Å²) >= 11 is 3.49. The summed E-state index contributed by atoms with van der Waals surface area (Å²) in [6.07, 6.45) is 2.82. The number of ether oxygens (including phenoxy) is 1. The molecule has 0 spiro atoms. The third kappa shape index (κ3) is 8.56. The average molecular weight is 378 g/mol. The summed E-state index contributed by atoms with van der Waals surface area (Å²) in [6, 6.07) is 8.20. The molecular formula is C15H24BrNO3S. The molecule has 1 atom stereocenters. The van der Waals surface area contributed by atoms with Gasteiger partial charge in [-0.3, -0.25) is 0 Å². The molecule has 6 heteroatoms. The smallest absolute Gasteiger partial charge is 0.147 e. The van der Waals surface area contributed by atoms with E-state index in [1.165, 1.54) is 11.8 Å². The second-order valence-corrected chi connectivity index (χ2v) is 8.40. The largest absolute Gasteiger partial charge is 0.383 e. The van der Waals surface area contributed by atoms with E-state index >= 15 is 0 Å². The van der Waals surface area contributed by atoms with Crippen LogP contribution in [0.25, 0.3) is 0 Å². The Bertz CT molecular complexity index is 519. The van der Waals surface area contributed by atoms with Crippen LogP contribution in [0.1, 0.15) is 24.3 Å². The van der Waals surface area contributed by atoms with Gasteiger partial charge in [-0.2, -0.15) is 0 Å². The van der Waals surface area contributed by atoms with Crippen molar-refractivity contribution in [1.29, 1.82) is 0 Å². The minimum atomic E-state index is -2.89. The van der Waals surface area contributed by atoms with Gasteiger partial charge in [0.25, 0.3) is 0 Å². The minimum Gasteiger partial charge on any atom is -0.383 e. The van der Waals surface area contributed by atoms with Crippen LogP contribution < -0.4 is 5.32 Å². The Hall–Kier alpha value is -0.430. The lowest BCUT2D eigenvalue weighted by Crippen LogP contribution is -2.25. The zero-order valence-electron chi connectivity index (χ0n) is 12.6. The molecule has 0 aliphatic carbocycles. The summed E-state index contributed by atoms with van der Waals surface area (Å²) in [5.41, 5.74) is 1.22. The van der Waals surface area contributed by atoms with E-state index in [2.05, 4.69) is 33.4 Å². The van der Waals surface area contributed by atoms with Gasteiger partial charge >= 0.3 is 0 Å². The highest BCUT2D eigenvalue weighted by Gasteiger charge is 2.13. The van der Waals surface area contributed by atoms with Crippen LogP contribution in [0.15, 0.2) is 28.7 Å². The molecule has 0 heterocycles. The zero-order valence-corrected chi connectivity index (χ0v) is 15.0. The number of nitrogens with one attached hydrogen (secondary N) is 1. The van der Waals surface area contributed by atoms with Crippen LogP contribution in [0.5, 0.6) is 0 Å². The fourth-order valence-corrected chi connectivity index (χ4v) is 3.30. The fraction of sp³-hybridized carbons (Fsp3) is 0.600. The van der Waals surface area contributed by atoms with E-state index < -0.39 is 9.84 Å². The van der Waals surface area contributed by atoms with Gasteiger partial charge in [-0.15, -0.1) is 0 Å². The monoisotopic (exact) mass is 377 g/mol. The Kier molecular flexibility index (Phi) is 8.48. The van der Waals surface area contributed by atoms with Gasteiger partial charge in [-0.1, -0.05) is 28.1 Å². The van der Waals surface area contributed by atoms with Crippen molar-refractivity contribution in [3.63, 3.8) is 0 Å². The van der Waals surface area contributed by atoms with E-state index in [1.807, 2.05) is 12.1 Å². The molecule has 0 aliphatic rings. The molecule has 0 fully saturated rings. The number of hydrogen-bond donors (Lipinski definition) is 1. The second kappa shape index (κ2) is 9.56. The van der Waals surface area contributed by atoms with Crippen molar-refractivity contribution >= 4 is 25.8 Å². The fourth-order valence-electron chi connectivity index (χ4n) is 2.19. The highest BCUT2D eigenvalue weighted by molar-refractivity contribution is 9.10. The molecule has 4 nitrogen and oxygen atoms in total. The summed E-state index contributed by atoms with van der Waals surface area (Å²) in [4.78, 5) is 0. The Morgan fingerprint density at radius 1 is 1.38 bits per heavy atom. The van der Waals surface area contributed by atoms with E-state index in [-0.39, 0.29) is 5.75 Å². The molecule has 0 saturated carbocycles. The van der Waals surface area contributed by atoms with Gasteiger partial charge in [0.2, 0.25) is 0 Å². The number of halogens is 1. The van der Waals surface area contributed by atoms with Gasteiger partial charge in [0.15, 0.2) is 0 Å². The molecule has 1 aromatic rings. The first-order chi connectivity index (χ1) is 9.92. The maximum atomic E-state index is 11.3. The minimum absolute atomic E-state index is 0.246. The highest BCUT2D eigenvalue weighted by Crippen LogP contribution is 2.24. The van der Waals surface area contributed by atoms with Gasteiger partial charge in [0.1, 0.15) is 9.84 Å². The summed E-state index contributed by atoms with van der Waals surface area (Å²) in [5.74, 6) is 0.552. The first kappa shape index (κ1) is 18.6. The highest BCUT2D eigenvalue weighted by atomic mass is 79.9. The van der Waals surface area contributed by atoms with Crippen molar-refractivity contribution in [3.05, 3.63) is 34.3 Å². The van der Waals surface area contributed by atoms with E-state index in [1.54, 1.807) is 7.11 Å². The maximum absolute atomic E-state index is 11.3. The van der Waals surface area contributed by atoms with Gasteiger partial charge < -0.3 is 10.1 Å². The molecule has 0 radical (unpaired) electrons. The Balaban J connectivity index is 2.61. The van der Waals surface area contributed by atoms with Crippen molar-refractivity contribution in [2.24, 2.45) is 0 Å². The normalized spacial score (nSPS) is 13.3. The van der Waals surface area contributed by atoms with Crippen molar-refractivity contribution in [2.45, 2.75) is 18.8 Å². The predicted molar refractivity (Wildman–Crippen MR) is 90.6 cm³/mol. The van der Waals surface area contributed by atoms with Gasteiger partial charge in [-0.05, 0) is 36.5 Å². The molecule has 1 unspecified atom stereocenters. The predicted octanol–water partition coefficient (Wildman–Crippen LogP) is 2.59. The number of rotatable bonds is 10.